The minimum absolute atomic E-state index is 0.357. The Morgan fingerprint density at radius 1 is 0.963 bits per heavy atom. The van der Waals surface area contributed by atoms with Gasteiger partial charge in [0, 0.05) is 6.42 Å². The number of rotatable bonds is 8. The zero-order valence-corrected chi connectivity index (χ0v) is 17.5. The largest absolute Gasteiger partial charge is 0.385 e. The van der Waals surface area contributed by atoms with Crippen molar-refractivity contribution in [3.8, 4) is 0 Å². The topological polar surface area (TPSA) is 20.2 Å². The molecule has 1 N–H and O–H groups in total. The van der Waals surface area contributed by atoms with Crippen molar-refractivity contribution in [2.24, 2.45) is 17.8 Å². The van der Waals surface area contributed by atoms with Crippen molar-refractivity contribution in [2.45, 2.75) is 71.8 Å². The van der Waals surface area contributed by atoms with Crippen molar-refractivity contribution < 1.29 is 5.11 Å². The van der Waals surface area contributed by atoms with Gasteiger partial charge in [0.25, 0.3) is 0 Å². The lowest BCUT2D eigenvalue weighted by Crippen LogP contribution is -2.51. The summed E-state index contributed by atoms with van der Waals surface area (Å²) in [6.07, 6.45) is 6.86. The maximum Gasteiger partial charge on any atom is 0.0970 e. The second-order valence-corrected chi connectivity index (χ2v) is 8.75. The summed E-state index contributed by atoms with van der Waals surface area (Å²) in [6, 6.07) is 17.1. The standard InChI is InChI=1S/C26H36O/c1-5-10-22-17-25(23(22)11-6-2)26(27,24-15-8-7-13-20(24)4)18-21-14-9-12-19(3)16-21/h7-9,12-16,22-23,25,27H,5-6,10-11,17-18H2,1-4H3. The number of aryl methyl sites for hydroxylation is 2. The van der Waals surface area contributed by atoms with Crippen LogP contribution < -0.4 is 0 Å². The lowest BCUT2D eigenvalue weighted by Gasteiger charge is -2.53. The van der Waals surface area contributed by atoms with E-state index in [9.17, 15) is 5.11 Å². The fourth-order valence-corrected chi connectivity index (χ4v) is 5.45. The van der Waals surface area contributed by atoms with E-state index in [-0.39, 0.29) is 0 Å². The van der Waals surface area contributed by atoms with Gasteiger partial charge in [0.1, 0.15) is 0 Å². The molecule has 1 heteroatoms. The van der Waals surface area contributed by atoms with Gasteiger partial charge in [0.05, 0.1) is 5.60 Å². The van der Waals surface area contributed by atoms with Crippen LogP contribution in [0.3, 0.4) is 0 Å². The smallest absolute Gasteiger partial charge is 0.0970 e. The molecular formula is C26H36O. The number of benzene rings is 2. The molecule has 1 fully saturated rings. The Labute approximate surface area is 165 Å². The van der Waals surface area contributed by atoms with Crippen LogP contribution in [-0.4, -0.2) is 5.11 Å². The summed E-state index contributed by atoms with van der Waals surface area (Å²) in [5.41, 5.74) is 4.08. The summed E-state index contributed by atoms with van der Waals surface area (Å²) < 4.78 is 0. The van der Waals surface area contributed by atoms with Crippen LogP contribution in [0.1, 0.15) is 68.2 Å². The fourth-order valence-electron chi connectivity index (χ4n) is 5.45. The molecule has 0 amide bonds. The Kier molecular flexibility index (Phi) is 6.42. The van der Waals surface area contributed by atoms with Crippen LogP contribution in [0.4, 0.5) is 0 Å². The van der Waals surface area contributed by atoms with Gasteiger partial charge < -0.3 is 5.11 Å². The minimum Gasteiger partial charge on any atom is -0.385 e. The molecule has 4 atom stereocenters. The Balaban J connectivity index is 1.98. The second kappa shape index (κ2) is 8.61. The molecule has 27 heavy (non-hydrogen) atoms. The molecule has 2 aromatic carbocycles. The Bertz CT molecular complexity index is 749. The van der Waals surface area contributed by atoms with Gasteiger partial charge >= 0.3 is 0 Å². The molecule has 1 aliphatic carbocycles. The molecule has 0 saturated heterocycles. The van der Waals surface area contributed by atoms with Crippen LogP contribution in [0.5, 0.6) is 0 Å². The van der Waals surface area contributed by atoms with E-state index in [1.807, 2.05) is 0 Å². The van der Waals surface area contributed by atoms with Crippen LogP contribution in [0.15, 0.2) is 48.5 Å². The quantitative estimate of drug-likeness (QED) is 0.560. The third kappa shape index (κ3) is 4.14. The first-order valence-corrected chi connectivity index (χ1v) is 10.8. The highest BCUT2D eigenvalue weighted by atomic mass is 16.3. The monoisotopic (exact) mass is 364 g/mol. The average Bonchev–Trinajstić information content (AvgIpc) is 2.63. The van der Waals surface area contributed by atoms with E-state index < -0.39 is 5.60 Å². The van der Waals surface area contributed by atoms with Crippen LogP contribution in [0.25, 0.3) is 0 Å². The summed E-state index contributed by atoms with van der Waals surface area (Å²) in [5.74, 6) is 1.79. The minimum atomic E-state index is -0.775. The Hall–Kier alpha value is -1.60. The predicted molar refractivity (Wildman–Crippen MR) is 115 cm³/mol. The first kappa shape index (κ1) is 20.1. The predicted octanol–water partition coefficient (Wildman–Crippen LogP) is 6.59. The maximum atomic E-state index is 12.2. The van der Waals surface area contributed by atoms with Crippen molar-refractivity contribution in [2.75, 3.05) is 0 Å². The highest BCUT2D eigenvalue weighted by molar-refractivity contribution is 5.36. The van der Waals surface area contributed by atoms with Crippen molar-refractivity contribution in [3.05, 3.63) is 70.8 Å². The third-order valence-corrected chi connectivity index (χ3v) is 6.74. The van der Waals surface area contributed by atoms with Gasteiger partial charge in [-0.25, -0.2) is 0 Å². The summed E-state index contributed by atoms with van der Waals surface area (Å²) in [5, 5.41) is 12.2. The van der Waals surface area contributed by atoms with Gasteiger partial charge in [-0.1, -0.05) is 93.6 Å². The van der Waals surface area contributed by atoms with E-state index in [1.54, 1.807) is 0 Å². The molecule has 3 rings (SSSR count). The van der Waals surface area contributed by atoms with E-state index in [4.69, 9.17) is 0 Å². The molecule has 4 unspecified atom stereocenters. The van der Waals surface area contributed by atoms with E-state index in [2.05, 4.69) is 76.2 Å². The van der Waals surface area contributed by atoms with Gasteiger partial charge in [0.15, 0.2) is 0 Å². The first-order chi connectivity index (χ1) is 13.0. The normalized spacial score (nSPS) is 24.3. The molecule has 0 spiro atoms. The van der Waals surface area contributed by atoms with Crippen LogP contribution in [0, 0.1) is 31.6 Å². The summed E-state index contributed by atoms with van der Waals surface area (Å²) in [4.78, 5) is 0. The molecule has 1 nitrogen and oxygen atoms in total. The Morgan fingerprint density at radius 3 is 2.37 bits per heavy atom. The zero-order chi connectivity index (χ0) is 19.4. The number of hydrogen-bond acceptors (Lipinski definition) is 1. The van der Waals surface area contributed by atoms with Crippen molar-refractivity contribution in [1.82, 2.24) is 0 Å². The molecule has 146 valence electrons. The molecule has 1 aliphatic rings. The van der Waals surface area contributed by atoms with Gasteiger partial charge in [-0.05, 0) is 54.7 Å². The van der Waals surface area contributed by atoms with Crippen molar-refractivity contribution in [1.29, 1.82) is 0 Å². The van der Waals surface area contributed by atoms with Gasteiger partial charge in [0.2, 0.25) is 0 Å². The van der Waals surface area contributed by atoms with E-state index in [1.165, 1.54) is 42.4 Å². The average molecular weight is 365 g/mol. The molecule has 2 aromatic rings. The maximum absolute atomic E-state index is 12.2. The van der Waals surface area contributed by atoms with Crippen molar-refractivity contribution >= 4 is 0 Å². The SMILES string of the molecule is CCCC1CC(C(O)(Cc2cccc(C)c2)c2ccccc2C)C1CCC. The highest BCUT2D eigenvalue weighted by Crippen LogP contribution is 2.55. The molecule has 0 radical (unpaired) electrons. The van der Waals surface area contributed by atoms with Gasteiger partial charge in [-0.3, -0.25) is 0 Å². The highest BCUT2D eigenvalue weighted by Gasteiger charge is 2.51. The first-order valence-electron chi connectivity index (χ1n) is 10.8. The third-order valence-electron chi connectivity index (χ3n) is 6.74. The molecule has 1 saturated carbocycles. The molecule has 0 heterocycles. The summed E-state index contributed by atoms with van der Waals surface area (Å²) >= 11 is 0. The number of aliphatic hydroxyl groups is 1. The van der Waals surface area contributed by atoms with Crippen LogP contribution in [0.2, 0.25) is 0 Å². The molecule has 0 aliphatic heterocycles. The fraction of sp³-hybridized carbons (Fsp3) is 0.538. The van der Waals surface area contributed by atoms with Crippen LogP contribution in [-0.2, 0) is 12.0 Å². The summed E-state index contributed by atoms with van der Waals surface area (Å²) in [7, 11) is 0. The molecule has 0 bridgehead atoms. The molecule has 0 aromatic heterocycles. The zero-order valence-electron chi connectivity index (χ0n) is 17.5. The number of hydrogen-bond donors (Lipinski definition) is 1. The van der Waals surface area contributed by atoms with E-state index in [0.717, 1.165) is 17.9 Å². The van der Waals surface area contributed by atoms with E-state index in [0.29, 0.717) is 18.3 Å². The van der Waals surface area contributed by atoms with E-state index >= 15 is 0 Å². The molecular weight excluding hydrogens is 328 g/mol. The van der Waals surface area contributed by atoms with Gasteiger partial charge in [-0.15, -0.1) is 0 Å². The van der Waals surface area contributed by atoms with Crippen LogP contribution >= 0.6 is 0 Å². The summed E-state index contributed by atoms with van der Waals surface area (Å²) in [6.45, 7) is 8.85. The lowest BCUT2D eigenvalue weighted by molar-refractivity contribution is -0.123. The van der Waals surface area contributed by atoms with Gasteiger partial charge in [-0.2, -0.15) is 0 Å². The second-order valence-electron chi connectivity index (χ2n) is 8.75. The lowest BCUT2D eigenvalue weighted by atomic mass is 9.53. The Morgan fingerprint density at radius 2 is 1.70 bits per heavy atom. The van der Waals surface area contributed by atoms with Crippen molar-refractivity contribution in [3.63, 3.8) is 0 Å².